The highest BCUT2D eigenvalue weighted by Crippen LogP contribution is 2.20. The minimum Gasteiger partial charge on any atom is -0.480 e. The predicted octanol–water partition coefficient (Wildman–Crippen LogP) is 2.38. The van der Waals surface area contributed by atoms with Gasteiger partial charge < -0.3 is 15.2 Å². The lowest BCUT2D eigenvalue weighted by molar-refractivity contribution is -0.145. The van der Waals surface area contributed by atoms with Crippen molar-refractivity contribution in [3.05, 3.63) is 0 Å². The summed E-state index contributed by atoms with van der Waals surface area (Å²) in [7, 11) is 1.71. The van der Waals surface area contributed by atoms with Gasteiger partial charge in [-0.25, -0.2) is 0 Å². The Hall–Kier alpha value is -0.260. The van der Waals surface area contributed by atoms with Crippen LogP contribution in [-0.2, 0) is 9.53 Å². The highest BCUT2D eigenvalue weighted by molar-refractivity contribution is 7.99. The molecule has 5 heteroatoms. The van der Waals surface area contributed by atoms with Gasteiger partial charge in [-0.05, 0) is 43.7 Å². The first-order valence-electron chi connectivity index (χ1n) is 6.68. The van der Waals surface area contributed by atoms with Crippen molar-refractivity contribution in [2.45, 2.75) is 45.1 Å². The Bertz CT molecular complexity index is 226. The first-order chi connectivity index (χ1) is 8.63. The van der Waals surface area contributed by atoms with Gasteiger partial charge in [-0.2, -0.15) is 11.8 Å². The van der Waals surface area contributed by atoms with E-state index in [1.54, 1.807) is 7.11 Å². The van der Waals surface area contributed by atoms with Crippen LogP contribution in [0.4, 0.5) is 0 Å². The van der Waals surface area contributed by atoms with Crippen LogP contribution in [0.15, 0.2) is 0 Å². The Balaban J connectivity index is 3.86. The average Bonchev–Trinajstić information content (AvgIpc) is 2.36. The Morgan fingerprint density at radius 2 is 2.00 bits per heavy atom. The first kappa shape index (κ1) is 17.7. The molecule has 0 bridgehead atoms. The van der Waals surface area contributed by atoms with Crippen LogP contribution in [0.1, 0.15) is 39.5 Å². The van der Waals surface area contributed by atoms with Crippen LogP contribution < -0.4 is 5.32 Å². The number of hydrogen-bond acceptors (Lipinski definition) is 4. The molecule has 108 valence electrons. The largest absolute Gasteiger partial charge is 0.480 e. The van der Waals surface area contributed by atoms with Gasteiger partial charge in [0.2, 0.25) is 0 Å². The number of carbonyl (C=O) groups is 1. The molecule has 0 rings (SSSR count). The second-order valence-corrected chi connectivity index (χ2v) is 5.56. The van der Waals surface area contributed by atoms with Crippen LogP contribution in [0.2, 0.25) is 0 Å². The maximum atomic E-state index is 11.4. The van der Waals surface area contributed by atoms with E-state index in [1.807, 2.05) is 25.6 Å². The number of ether oxygens (including phenoxy) is 1. The number of hydrogen-bond donors (Lipinski definition) is 2. The van der Waals surface area contributed by atoms with Crippen molar-refractivity contribution < 1.29 is 14.6 Å². The lowest BCUT2D eigenvalue weighted by Crippen LogP contribution is -2.51. The van der Waals surface area contributed by atoms with Crippen LogP contribution in [0.5, 0.6) is 0 Å². The molecule has 0 amide bonds. The molecular formula is C13H27NO3S. The summed E-state index contributed by atoms with van der Waals surface area (Å²) in [4.78, 5) is 11.4. The number of methoxy groups -OCH3 is 1. The van der Waals surface area contributed by atoms with E-state index < -0.39 is 11.5 Å². The van der Waals surface area contributed by atoms with E-state index in [1.165, 1.54) is 0 Å². The maximum Gasteiger partial charge on any atom is 0.323 e. The topological polar surface area (TPSA) is 58.6 Å². The fourth-order valence-corrected chi connectivity index (χ4v) is 2.82. The number of rotatable bonds is 12. The van der Waals surface area contributed by atoms with Crippen molar-refractivity contribution in [3.8, 4) is 0 Å². The molecule has 0 radical (unpaired) electrons. The highest BCUT2D eigenvalue weighted by Gasteiger charge is 2.34. The smallest absolute Gasteiger partial charge is 0.323 e. The molecule has 1 atom stereocenters. The van der Waals surface area contributed by atoms with Gasteiger partial charge in [0.05, 0.1) is 0 Å². The minimum absolute atomic E-state index is 0.629. The molecule has 0 aromatic carbocycles. The lowest BCUT2D eigenvalue weighted by atomic mass is 9.91. The quantitative estimate of drug-likeness (QED) is 0.536. The summed E-state index contributed by atoms with van der Waals surface area (Å²) in [5, 5.41) is 12.5. The van der Waals surface area contributed by atoms with Crippen molar-refractivity contribution in [2.24, 2.45) is 0 Å². The third-order valence-corrected chi connectivity index (χ3v) is 4.21. The molecule has 0 aliphatic heterocycles. The van der Waals surface area contributed by atoms with Gasteiger partial charge in [0, 0.05) is 13.7 Å². The van der Waals surface area contributed by atoms with Crippen molar-refractivity contribution in [1.29, 1.82) is 0 Å². The van der Waals surface area contributed by atoms with Gasteiger partial charge in [0.25, 0.3) is 0 Å². The Morgan fingerprint density at radius 1 is 1.33 bits per heavy atom. The standard InChI is InChI=1S/C13H27NO3S/c1-4-13(12(15)16,14-5-2)8-6-10-18-11-7-9-17-3/h14H,4-11H2,1-3H3,(H,15,16). The number of thioether (sulfide) groups is 1. The summed E-state index contributed by atoms with van der Waals surface area (Å²) in [6, 6.07) is 0. The van der Waals surface area contributed by atoms with Crippen LogP contribution in [0.25, 0.3) is 0 Å². The average molecular weight is 277 g/mol. The third-order valence-electron chi connectivity index (χ3n) is 3.06. The van der Waals surface area contributed by atoms with E-state index in [2.05, 4.69) is 5.32 Å². The number of aliphatic carboxylic acids is 1. The second-order valence-electron chi connectivity index (χ2n) is 4.33. The van der Waals surface area contributed by atoms with Crippen LogP contribution >= 0.6 is 11.8 Å². The Morgan fingerprint density at radius 3 is 2.50 bits per heavy atom. The molecular weight excluding hydrogens is 250 g/mol. The fraction of sp³-hybridized carbons (Fsp3) is 0.923. The normalized spacial score (nSPS) is 14.4. The SMILES string of the molecule is CCNC(CC)(CCCSCCCOC)C(=O)O. The second kappa shape index (κ2) is 10.6. The van der Waals surface area contributed by atoms with Gasteiger partial charge >= 0.3 is 5.97 Å². The molecule has 0 aliphatic rings. The minimum atomic E-state index is -0.734. The van der Waals surface area contributed by atoms with E-state index in [-0.39, 0.29) is 0 Å². The van der Waals surface area contributed by atoms with Crippen molar-refractivity contribution in [1.82, 2.24) is 5.32 Å². The lowest BCUT2D eigenvalue weighted by Gasteiger charge is -2.29. The highest BCUT2D eigenvalue weighted by atomic mass is 32.2. The number of nitrogens with one attached hydrogen (secondary N) is 1. The zero-order chi connectivity index (χ0) is 13.9. The van der Waals surface area contributed by atoms with Crippen LogP contribution in [0.3, 0.4) is 0 Å². The van der Waals surface area contributed by atoms with Gasteiger partial charge in [-0.3, -0.25) is 4.79 Å². The van der Waals surface area contributed by atoms with Gasteiger partial charge in [0.15, 0.2) is 0 Å². The number of carboxylic acids is 1. The van der Waals surface area contributed by atoms with E-state index in [4.69, 9.17) is 4.74 Å². The molecule has 0 spiro atoms. The van der Waals surface area contributed by atoms with Gasteiger partial charge in [-0.15, -0.1) is 0 Å². The molecule has 0 saturated heterocycles. The van der Waals surface area contributed by atoms with E-state index in [0.717, 1.165) is 31.0 Å². The molecule has 0 fully saturated rings. The predicted molar refractivity (Wildman–Crippen MR) is 77.4 cm³/mol. The zero-order valence-corrected chi connectivity index (χ0v) is 12.6. The molecule has 0 aliphatic carbocycles. The molecule has 0 heterocycles. The van der Waals surface area contributed by atoms with Crippen molar-refractivity contribution >= 4 is 17.7 Å². The molecule has 1 unspecified atom stereocenters. The maximum absolute atomic E-state index is 11.4. The Labute approximate surface area is 115 Å². The monoisotopic (exact) mass is 277 g/mol. The van der Waals surface area contributed by atoms with E-state index in [9.17, 15) is 9.90 Å². The van der Waals surface area contributed by atoms with Crippen molar-refractivity contribution in [3.63, 3.8) is 0 Å². The molecule has 0 aromatic rings. The molecule has 18 heavy (non-hydrogen) atoms. The van der Waals surface area contributed by atoms with Gasteiger partial charge in [-0.1, -0.05) is 13.8 Å². The number of likely N-dealkylation sites (N-methyl/N-ethyl adjacent to an activating group) is 1. The molecule has 0 saturated carbocycles. The summed E-state index contributed by atoms with van der Waals surface area (Å²) in [6.07, 6.45) is 3.32. The van der Waals surface area contributed by atoms with Crippen molar-refractivity contribution in [2.75, 3.05) is 31.8 Å². The Kier molecular flexibility index (Phi) is 10.5. The summed E-state index contributed by atoms with van der Waals surface area (Å²) >= 11 is 1.87. The van der Waals surface area contributed by atoms with Crippen LogP contribution in [0, 0.1) is 0 Å². The summed E-state index contributed by atoms with van der Waals surface area (Å²) < 4.78 is 4.98. The van der Waals surface area contributed by atoms with Gasteiger partial charge in [0.1, 0.15) is 5.54 Å². The first-order valence-corrected chi connectivity index (χ1v) is 7.83. The molecule has 0 aromatic heterocycles. The van der Waals surface area contributed by atoms with E-state index >= 15 is 0 Å². The molecule has 2 N–H and O–H groups in total. The summed E-state index contributed by atoms with van der Waals surface area (Å²) in [5.74, 6) is 1.38. The fourth-order valence-electron chi connectivity index (χ4n) is 1.95. The molecule has 4 nitrogen and oxygen atoms in total. The summed E-state index contributed by atoms with van der Waals surface area (Å²) in [6.45, 7) is 5.38. The zero-order valence-electron chi connectivity index (χ0n) is 11.8. The van der Waals surface area contributed by atoms with E-state index in [0.29, 0.717) is 19.4 Å². The third kappa shape index (κ3) is 6.61. The number of carboxylic acid groups (broad SMARTS) is 1. The summed E-state index contributed by atoms with van der Waals surface area (Å²) in [5.41, 5.74) is -0.734. The van der Waals surface area contributed by atoms with Crippen LogP contribution in [-0.4, -0.2) is 48.4 Å².